The van der Waals surface area contributed by atoms with Gasteiger partial charge in [-0.15, -0.1) is 0 Å². The number of allylic oxidation sites excluding steroid dienone is 19. The van der Waals surface area contributed by atoms with Gasteiger partial charge in [0.05, 0.1) is 26.2 Å². The van der Waals surface area contributed by atoms with Gasteiger partial charge in [-0.2, -0.15) is 0 Å². The highest BCUT2D eigenvalue weighted by Crippen LogP contribution is 2.43. The third kappa shape index (κ3) is 56.6. The molecule has 0 aromatic carbocycles. The summed E-state index contributed by atoms with van der Waals surface area (Å²) in [5, 5.41) is 9.84. The lowest BCUT2D eigenvalue weighted by Crippen LogP contribution is -2.30. The first kappa shape index (κ1) is 73.9. The molecule has 444 valence electrons. The second-order valence-corrected chi connectivity index (χ2v) is 21.2. The van der Waals surface area contributed by atoms with E-state index in [9.17, 15) is 28.9 Å². The number of phosphoric acid groups is 1. The number of unbranched alkanes of at least 4 members (excludes halogenated alkanes) is 19. The van der Waals surface area contributed by atoms with Gasteiger partial charge >= 0.3 is 25.7 Å². The summed E-state index contributed by atoms with van der Waals surface area (Å²) < 4.78 is 39.4. The Kier molecular flexibility index (Phi) is 55.9. The largest absolute Gasteiger partial charge is 0.472 e. The van der Waals surface area contributed by atoms with E-state index in [0.29, 0.717) is 19.3 Å². The summed E-state index contributed by atoms with van der Waals surface area (Å²) in [4.78, 5) is 48.6. The van der Waals surface area contributed by atoms with Crippen molar-refractivity contribution in [2.75, 3.05) is 26.4 Å². The van der Waals surface area contributed by atoms with Crippen LogP contribution in [-0.4, -0.2) is 66.5 Å². The molecule has 3 unspecified atom stereocenters. The Morgan fingerprint density at radius 1 is 0.385 bits per heavy atom. The first-order chi connectivity index (χ1) is 38.2. The van der Waals surface area contributed by atoms with E-state index in [1.165, 1.54) is 83.5 Å². The van der Waals surface area contributed by atoms with Gasteiger partial charge in [0.2, 0.25) is 0 Å². The van der Waals surface area contributed by atoms with Crippen molar-refractivity contribution in [1.82, 2.24) is 0 Å². The van der Waals surface area contributed by atoms with Crippen LogP contribution in [0.3, 0.4) is 0 Å². The van der Waals surface area contributed by atoms with Gasteiger partial charge < -0.3 is 24.2 Å². The molecule has 0 aliphatic heterocycles. The summed E-state index contributed by atoms with van der Waals surface area (Å²) >= 11 is 0. The number of carbonyl (C=O) groups is 3. The van der Waals surface area contributed by atoms with Gasteiger partial charge in [-0.25, -0.2) is 4.57 Å². The monoisotopic (exact) mass is 1110 g/mol. The van der Waals surface area contributed by atoms with Crippen LogP contribution in [-0.2, 0) is 42.2 Å². The van der Waals surface area contributed by atoms with Crippen molar-refractivity contribution in [3.8, 4) is 0 Å². The maximum Gasteiger partial charge on any atom is 0.472 e. The van der Waals surface area contributed by atoms with Crippen LogP contribution in [0, 0.1) is 0 Å². The Morgan fingerprint density at radius 3 is 1.09 bits per heavy atom. The van der Waals surface area contributed by atoms with Crippen LogP contribution in [0.2, 0.25) is 0 Å². The summed E-state index contributed by atoms with van der Waals surface area (Å²) in [5.74, 6) is -1.66. The zero-order valence-electron chi connectivity index (χ0n) is 49.1. The Hall–Kier alpha value is -4.12. The molecule has 12 heteroatoms. The van der Waals surface area contributed by atoms with Crippen LogP contribution in [0.15, 0.2) is 122 Å². The van der Waals surface area contributed by atoms with Gasteiger partial charge in [0.1, 0.15) is 12.7 Å². The van der Waals surface area contributed by atoms with Crippen molar-refractivity contribution < 1.29 is 52.2 Å². The van der Waals surface area contributed by atoms with Gasteiger partial charge in [0, 0.05) is 12.8 Å². The van der Waals surface area contributed by atoms with E-state index >= 15 is 0 Å². The van der Waals surface area contributed by atoms with E-state index in [0.717, 1.165) is 96.3 Å². The molecule has 0 saturated carbocycles. The Labute approximate surface area is 475 Å². The average molecular weight is 1110 g/mol. The average Bonchev–Trinajstić information content (AvgIpc) is 3.43. The molecule has 3 atom stereocenters. The number of aliphatic hydroxyl groups excluding tert-OH is 1. The van der Waals surface area contributed by atoms with Gasteiger partial charge in [0.25, 0.3) is 0 Å². The van der Waals surface area contributed by atoms with Gasteiger partial charge in [0.15, 0.2) is 6.10 Å². The molecule has 0 rings (SSSR count). The fourth-order valence-corrected chi connectivity index (χ4v) is 8.65. The normalized spacial score (nSPS) is 14.2. The Morgan fingerprint density at radius 2 is 0.705 bits per heavy atom. The van der Waals surface area contributed by atoms with Crippen molar-refractivity contribution in [3.05, 3.63) is 122 Å². The molecule has 11 nitrogen and oxygen atoms in total. The third-order valence-electron chi connectivity index (χ3n) is 12.4. The molecule has 0 aliphatic carbocycles. The van der Waals surface area contributed by atoms with Crippen molar-refractivity contribution in [3.63, 3.8) is 0 Å². The molecular weight excluding hydrogens is 1000 g/mol. The Bertz CT molecular complexity index is 1770. The number of phosphoric ester groups is 1. The SMILES string of the molecule is CC/C=C\C/C=C\C/C=C\C/C=C\C/C=C\CCCCCC(=O)OC(COC(=O)C/C=C\C/C=C\C/C=C\C/C=C\C/C=C\CC)COP(=O)(O)OCC(CO)OC(=O)CCCCCCCCCCCCCCCCCCC. The maximum atomic E-state index is 12.9. The lowest BCUT2D eigenvalue weighted by Gasteiger charge is -2.21. The maximum absolute atomic E-state index is 12.9. The summed E-state index contributed by atoms with van der Waals surface area (Å²) in [5.41, 5.74) is 0. The minimum Gasteiger partial charge on any atom is -0.461 e. The van der Waals surface area contributed by atoms with E-state index in [2.05, 4.69) is 124 Å². The fourth-order valence-electron chi connectivity index (χ4n) is 7.87. The smallest absolute Gasteiger partial charge is 0.461 e. The third-order valence-corrected chi connectivity index (χ3v) is 13.4. The molecule has 0 spiro atoms. The topological polar surface area (TPSA) is 155 Å². The van der Waals surface area contributed by atoms with Crippen LogP contribution in [0.4, 0.5) is 0 Å². The summed E-state index contributed by atoms with van der Waals surface area (Å²) in [6.07, 6.45) is 73.3. The highest BCUT2D eigenvalue weighted by atomic mass is 31.2. The molecule has 0 fully saturated rings. The molecule has 0 aromatic heterocycles. The van der Waals surface area contributed by atoms with E-state index in [4.69, 9.17) is 23.3 Å². The second kappa shape index (κ2) is 59.0. The number of hydrogen-bond donors (Lipinski definition) is 2. The standard InChI is InChI=1S/C66H109O11P/c1-4-7-10-13-16-19-22-25-28-30-31-33-36-39-42-45-48-51-54-57-66(70)77-63(59-73-64(68)55-52-49-46-43-40-37-34-27-24-21-18-15-12-9-6-3)61-75-78(71,72)74-60-62(58-67)76-65(69)56-53-50-47-44-41-38-35-32-29-26-23-20-17-14-11-8-5-2/h7,9-10,12,16,18-19,21,25,27-28,31,33-34,39-40,42-43,49,52,62-63,67H,4-6,8,11,13-15,17,20,22-24,26,29-30,32,35-38,41,44-48,50-51,53-61H2,1-3H3,(H,71,72)/b10-7-,12-9-,19-16-,21-18-,28-25-,33-31-,34-27-,42-39-,43-40-,52-49-. The molecule has 0 saturated heterocycles. The van der Waals surface area contributed by atoms with Crippen LogP contribution >= 0.6 is 7.82 Å². The van der Waals surface area contributed by atoms with E-state index in [-0.39, 0.29) is 19.3 Å². The first-order valence-electron chi connectivity index (χ1n) is 30.4. The quantitative estimate of drug-likeness (QED) is 0.0197. The fraction of sp³-hybridized carbons (Fsp3) is 0.652. The van der Waals surface area contributed by atoms with Crippen molar-refractivity contribution >= 4 is 25.7 Å². The Balaban J connectivity index is 4.84. The number of ether oxygens (including phenoxy) is 3. The molecule has 0 aromatic rings. The number of aliphatic hydroxyl groups is 1. The molecule has 0 aliphatic rings. The van der Waals surface area contributed by atoms with Crippen molar-refractivity contribution in [2.24, 2.45) is 0 Å². The van der Waals surface area contributed by atoms with Crippen LogP contribution in [0.5, 0.6) is 0 Å². The van der Waals surface area contributed by atoms with E-state index in [1.807, 2.05) is 12.2 Å². The van der Waals surface area contributed by atoms with Crippen LogP contribution in [0.1, 0.15) is 239 Å². The molecule has 0 heterocycles. The molecule has 0 amide bonds. The summed E-state index contributed by atoms with van der Waals surface area (Å²) in [6.45, 7) is 4.28. The highest BCUT2D eigenvalue weighted by Gasteiger charge is 2.28. The van der Waals surface area contributed by atoms with Gasteiger partial charge in [-0.3, -0.25) is 23.4 Å². The van der Waals surface area contributed by atoms with Crippen molar-refractivity contribution in [1.29, 1.82) is 0 Å². The van der Waals surface area contributed by atoms with Gasteiger partial charge in [-0.1, -0.05) is 251 Å². The predicted octanol–water partition coefficient (Wildman–Crippen LogP) is 18.4. The zero-order chi connectivity index (χ0) is 56.9. The minimum absolute atomic E-state index is 0.0185. The van der Waals surface area contributed by atoms with Gasteiger partial charge in [-0.05, 0) is 89.9 Å². The minimum atomic E-state index is -4.79. The van der Waals surface area contributed by atoms with E-state index < -0.39 is 64.4 Å². The molecule has 0 bridgehead atoms. The van der Waals surface area contributed by atoms with Crippen LogP contribution in [0.25, 0.3) is 0 Å². The zero-order valence-corrected chi connectivity index (χ0v) is 50.0. The molecule has 0 radical (unpaired) electrons. The van der Waals surface area contributed by atoms with E-state index in [1.54, 1.807) is 6.08 Å². The van der Waals surface area contributed by atoms with Crippen LogP contribution < -0.4 is 0 Å². The highest BCUT2D eigenvalue weighted by molar-refractivity contribution is 7.47. The number of rotatable bonds is 55. The second-order valence-electron chi connectivity index (χ2n) is 19.8. The lowest BCUT2D eigenvalue weighted by atomic mass is 10.0. The summed E-state index contributed by atoms with van der Waals surface area (Å²) in [6, 6.07) is 0. The predicted molar refractivity (Wildman–Crippen MR) is 325 cm³/mol. The number of carbonyl (C=O) groups excluding carboxylic acids is 3. The molecular formula is C66H109O11P. The lowest BCUT2D eigenvalue weighted by molar-refractivity contribution is -0.161. The summed E-state index contributed by atoms with van der Waals surface area (Å²) in [7, 11) is -4.79. The number of esters is 3. The molecule has 2 N–H and O–H groups in total. The molecule has 78 heavy (non-hydrogen) atoms. The number of hydrogen-bond acceptors (Lipinski definition) is 10. The van der Waals surface area contributed by atoms with Crippen molar-refractivity contribution in [2.45, 2.75) is 251 Å². The first-order valence-corrected chi connectivity index (χ1v) is 31.9.